The number of ether oxygens (including phenoxy) is 8. The number of aryl methyl sites for hydroxylation is 2. The Morgan fingerprint density at radius 3 is 1.27 bits per heavy atom. The normalized spacial score (nSPS) is 16.7. The molecule has 60 heteroatoms. The van der Waals surface area contributed by atoms with Crippen LogP contribution in [0, 0.1) is 95.1 Å². The number of aldehydes is 1. The van der Waals surface area contributed by atoms with Gasteiger partial charge in [-0.2, -0.15) is 18.0 Å². The highest BCUT2D eigenvalue weighted by Crippen LogP contribution is 2.40. The summed E-state index contributed by atoms with van der Waals surface area (Å²) in [6, 6.07) is 11.2. The third kappa shape index (κ3) is 31.2. The van der Waals surface area contributed by atoms with E-state index >= 15 is 0 Å². The number of carbonyl (C=O) groups is 5. The molecular weight excluding hydrogens is 2010 g/mol. The number of esters is 2. The maximum Gasteiger partial charge on any atom is 0.410 e. The summed E-state index contributed by atoms with van der Waals surface area (Å²) in [5, 5.41) is 102. The number of nitrogens with one attached hydrogen (secondary N) is 1. The van der Waals surface area contributed by atoms with Crippen molar-refractivity contribution in [3.8, 4) is 6.19 Å². The van der Waals surface area contributed by atoms with Gasteiger partial charge in [0.15, 0.2) is 18.3 Å². The number of methoxy groups -OCH3 is 2. The van der Waals surface area contributed by atoms with Crippen LogP contribution in [0.4, 0.5) is 79.4 Å². The number of aliphatic hydroxyl groups excluding tert-OH is 1. The molecule has 7 fully saturated rings. The number of nitro groups is 7. The summed E-state index contributed by atoms with van der Waals surface area (Å²) in [6.07, 6.45) is 16.5. The zero-order valence-corrected chi connectivity index (χ0v) is 81.8. The van der Waals surface area contributed by atoms with Gasteiger partial charge < -0.3 is 82.4 Å². The third-order valence-electron chi connectivity index (χ3n) is 22.2. The van der Waals surface area contributed by atoms with Crippen LogP contribution in [-0.4, -0.2) is 321 Å². The molecular formula is C85H100Cl3N25O31S. The number of morpholine rings is 5. The number of nitrogens with zero attached hydrogens (tertiary/aromatic N) is 24. The van der Waals surface area contributed by atoms with Crippen LogP contribution < -0.4 is 29.2 Å². The van der Waals surface area contributed by atoms with Gasteiger partial charge in [-0.1, -0.05) is 34.8 Å². The van der Waals surface area contributed by atoms with Crippen molar-refractivity contribution in [3.05, 3.63) is 229 Å². The number of anilines is 6. The first-order valence-corrected chi connectivity index (χ1v) is 46.6. The van der Waals surface area contributed by atoms with Crippen LogP contribution in [0.1, 0.15) is 104 Å². The number of carboxylic acids is 1. The van der Waals surface area contributed by atoms with E-state index in [1.54, 1.807) is 55.9 Å². The van der Waals surface area contributed by atoms with E-state index in [4.69, 9.17) is 78.7 Å². The average Bonchev–Trinajstić information content (AvgIpc) is 1.72. The molecule has 56 nitrogen and oxygen atoms in total. The zero-order chi connectivity index (χ0) is 106. The average molecular weight is 2110 g/mol. The molecule has 8 aromatic rings. The Balaban J connectivity index is 0.000000188. The van der Waals surface area contributed by atoms with Gasteiger partial charge in [-0.15, -0.1) is 0 Å². The molecule has 2 atom stereocenters. The number of carboxylic acid groups (broad SMARTS) is 1. The van der Waals surface area contributed by atoms with Crippen molar-refractivity contribution in [3.63, 3.8) is 0 Å². The molecule has 7 saturated heterocycles. The van der Waals surface area contributed by atoms with E-state index in [2.05, 4.69) is 60.3 Å². The number of halogens is 3. The molecule has 0 spiro atoms. The van der Waals surface area contributed by atoms with Gasteiger partial charge in [-0.05, 0) is 113 Å². The Bertz CT molecular complexity index is 6110. The fourth-order valence-electron chi connectivity index (χ4n) is 15.2. The van der Waals surface area contributed by atoms with Crippen LogP contribution in [-0.2, 0) is 67.7 Å². The van der Waals surface area contributed by atoms with Gasteiger partial charge in [-0.3, -0.25) is 80.3 Å². The molecule has 0 saturated carbocycles. The van der Waals surface area contributed by atoms with E-state index in [1.165, 1.54) is 66.7 Å². The summed E-state index contributed by atoms with van der Waals surface area (Å²) in [5.41, 5.74) is -0.178. The highest BCUT2D eigenvalue weighted by Gasteiger charge is 2.42. The third-order valence-corrected chi connectivity index (χ3v) is 24.5. The number of hydrogen-bond donors (Lipinski definition) is 3. The Morgan fingerprint density at radius 2 is 0.869 bits per heavy atom. The van der Waals surface area contributed by atoms with Crippen LogP contribution in [0.2, 0.25) is 15.5 Å². The number of nitriles is 1. The van der Waals surface area contributed by atoms with Gasteiger partial charge >= 0.3 is 74.0 Å². The number of likely N-dealkylation sites (tertiary alicyclic amines) is 2. The molecule has 0 unspecified atom stereocenters. The number of aliphatic hydroxyl groups is 1. The molecule has 8 aliphatic rings. The van der Waals surface area contributed by atoms with Crippen LogP contribution in [0.15, 0.2) is 98.1 Å². The first-order chi connectivity index (χ1) is 69.2. The second kappa shape index (κ2) is 54.4. The lowest BCUT2D eigenvalue weighted by Crippen LogP contribution is -2.47. The van der Waals surface area contributed by atoms with E-state index in [-0.39, 0.29) is 96.3 Å². The van der Waals surface area contributed by atoms with Crippen molar-refractivity contribution < 1.29 is 115 Å². The molecule has 16 rings (SSSR count). The summed E-state index contributed by atoms with van der Waals surface area (Å²) in [6.45, 7) is 20.6. The lowest BCUT2D eigenvalue weighted by Gasteiger charge is -2.36. The first kappa shape index (κ1) is 114. The van der Waals surface area contributed by atoms with Crippen molar-refractivity contribution in [1.82, 2.24) is 54.0 Å². The summed E-state index contributed by atoms with van der Waals surface area (Å²) in [7, 11) is -1.36. The quantitative estimate of drug-likeness (QED) is 0.0115. The van der Waals surface area contributed by atoms with E-state index in [0.717, 1.165) is 37.8 Å². The molecule has 1 amide bonds. The molecule has 0 aliphatic carbocycles. The second-order valence-corrected chi connectivity index (χ2v) is 35.1. The Morgan fingerprint density at radius 1 is 0.497 bits per heavy atom. The van der Waals surface area contributed by atoms with E-state index < -0.39 is 85.3 Å². The van der Waals surface area contributed by atoms with Gasteiger partial charge in [0.1, 0.15) is 22.3 Å². The number of hydrogen-bond acceptors (Lipinski definition) is 45. The highest BCUT2D eigenvalue weighted by molar-refractivity contribution is 7.90. The Kier molecular flexibility index (Phi) is 42.6. The molecule has 8 aromatic heterocycles. The Labute approximate surface area is 840 Å². The predicted molar refractivity (Wildman–Crippen MR) is 514 cm³/mol. The van der Waals surface area contributed by atoms with Crippen molar-refractivity contribution in [2.24, 2.45) is 5.92 Å². The van der Waals surface area contributed by atoms with Gasteiger partial charge in [-0.25, -0.2) is 59.0 Å². The van der Waals surface area contributed by atoms with Crippen LogP contribution in [0.5, 0.6) is 0 Å². The summed E-state index contributed by atoms with van der Waals surface area (Å²) >= 11 is 16.3. The van der Waals surface area contributed by atoms with Crippen molar-refractivity contribution in [2.75, 3.05) is 201 Å². The maximum atomic E-state index is 12.8. The molecule has 145 heavy (non-hydrogen) atoms. The van der Waals surface area contributed by atoms with Gasteiger partial charge in [0.2, 0.25) is 38.7 Å². The number of aromatic nitrogens is 8. The lowest BCUT2D eigenvalue weighted by atomic mass is 9.98. The summed E-state index contributed by atoms with van der Waals surface area (Å²) in [5.74, 6) is -0.849. The maximum absolute atomic E-state index is 12.8. The number of amides is 1. The largest absolute Gasteiger partial charge is 0.477 e. The minimum absolute atomic E-state index is 0.0477. The van der Waals surface area contributed by atoms with Crippen molar-refractivity contribution in [2.45, 2.75) is 78.2 Å². The van der Waals surface area contributed by atoms with Crippen molar-refractivity contribution >= 4 is 150 Å². The fourth-order valence-corrected chi connectivity index (χ4v) is 17.4. The first-order valence-electron chi connectivity index (χ1n) is 44.0. The molecule has 0 radical (unpaired) electrons. The SMILES string of the molecule is CC(C)(C)OC(=O)N1CC[C@@H](CCc2ccnc(N3CCOCC3)c2[N+](=O)[O-])C1.COC(=O)c1ccnc(Cl)c1[N+](=O)[O-].COC(=O)c1ccnc(N2CCOCC2)c1[N+](=O)[O-].Cc1ccnc(Cl)c1[N+](=O)[O-].N#CN1CC[C@@H](N2Cc3ccnc(N4CCOCC4)c3NS2(=O)=O)C1.O=C(O)c1ccnc(Cl)c1[N+](=O)[O-].O=Cc1ccnc(N2CCOCC2)c1[N+](=O)[O-].O=[N+]([O-])c1c(CO)ccnc1N1CCOCC1. The topological polar surface area (TPSA) is 701 Å². The monoisotopic (exact) mass is 2100 g/mol. The molecule has 778 valence electrons. The van der Waals surface area contributed by atoms with Gasteiger partial charge in [0, 0.05) is 165 Å². The van der Waals surface area contributed by atoms with Gasteiger partial charge in [0.25, 0.3) is 0 Å². The predicted octanol–water partition coefficient (Wildman–Crippen LogP) is 9.26. The minimum Gasteiger partial charge on any atom is -0.477 e. The highest BCUT2D eigenvalue weighted by atomic mass is 35.5. The molecule has 8 aliphatic heterocycles. The fraction of sp³-hybridized carbons (Fsp3) is 0.459. The second-order valence-electron chi connectivity index (χ2n) is 32.4. The molecule has 16 heterocycles. The molecule has 0 aromatic carbocycles. The van der Waals surface area contributed by atoms with E-state index in [9.17, 15) is 103 Å². The van der Waals surface area contributed by atoms with Crippen LogP contribution in [0.25, 0.3) is 0 Å². The number of carbonyl (C=O) groups excluding carboxylic acids is 4. The van der Waals surface area contributed by atoms with Gasteiger partial charge in [0.05, 0.1) is 138 Å². The van der Waals surface area contributed by atoms with Crippen molar-refractivity contribution in [1.29, 1.82) is 5.26 Å². The number of aromatic carboxylic acids is 1. The number of fused-ring (bicyclic) bond motifs is 1. The summed E-state index contributed by atoms with van der Waals surface area (Å²) in [4.78, 5) is 172. The lowest BCUT2D eigenvalue weighted by molar-refractivity contribution is -0.385. The Hall–Kier alpha value is -15.0. The number of rotatable bonds is 21. The zero-order valence-electron chi connectivity index (χ0n) is 78.7. The smallest absolute Gasteiger partial charge is 0.410 e. The van der Waals surface area contributed by atoms with Crippen LogP contribution in [0.3, 0.4) is 0 Å². The van der Waals surface area contributed by atoms with Crippen LogP contribution >= 0.6 is 34.8 Å². The van der Waals surface area contributed by atoms with E-state index in [0.29, 0.717) is 224 Å². The molecule has 0 bridgehead atoms. The summed E-state index contributed by atoms with van der Waals surface area (Å²) < 4.78 is 70.4. The molecule has 3 N–H and O–H groups in total. The standard InChI is InChI=1S/C20H30N4O5.C15H20N6O3S.C11H13N3O5.C10H13N3O4.C10H11N3O4.C7H5ClN2O4.C6H3ClN2O4.C6H5ClN2O2/c1-20(2,3)29-19(25)23-9-7-15(14-23)4-5-16-6-8-21-18(17(16)24(26)27)22-10-12-28-13-11-22;16-11-19-4-2-13(10-19)21-9-12-1-3-17-15(14(12)18-25(21,22)23)20-5-7-24-8-6-20;1-18-11(15)8-2-3-12-10(9(8)14(16)17)13-4-6-19-7-5-13;2*14-7-8-1-2-11-10(9(8)13(15)16)12-3-5-17-6-4-12;1-14-7(11)4-2-3-9-6(8)5(4)10(12)13;7-5-4(9(12)13)3(6(10)11)1-2-8-5;1-4-2-3-8-6(7)5(4)9(10)11/h6,8,15H,4-5,7,9-14H2,1-3H3;1,3,13,18H,2,4-10H2;2-3H,4-7H2,1H3;1-2,14H,3-7H2;1-2,7H,3-6H2;2-3H,1H3;1-2H,(H,10,11);2-3H,1H3/t15-;13-;;;;;;/m11....../s1. The van der Waals surface area contributed by atoms with E-state index in [1.807, 2.05) is 36.6 Å². The minimum atomic E-state index is -3.66. The number of pyridine rings is 8.